The molecule has 4 rings (SSSR count). The molecule has 0 aliphatic rings. The van der Waals surface area contributed by atoms with Gasteiger partial charge in [0.05, 0.1) is 5.52 Å². The molecule has 2 N–H and O–H groups in total. The third kappa shape index (κ3) is 2.61. The molecule has 0 aliphatic carbocycles. The maximum atomic E-state index is 12.5. The highest BCUT2D eigenvalue weighted by molar-refractivity contribution is 6.11. The minimum atomic E-state index is -0.268. The molecule has 0 radical (unpaired) electrons. The Morgan fingerprint density at radius 1 is 0.958 bits per heavy atom. The zero-order chi connectivity index (χ0) is 16.4. The zero-order valence-corrected chi connectivity index (χ0v) is 12.6. The highest BCUT2D eigenvalue weighted by Gasteiger charge is 2.15. The summed E-state index contributed by atoms with van der Waals surface area (Å²) < 4.78 is 0. The predicted molar refractivity (Wildman–Crippen MR) is 91.5 cm³/mol. The SMILES string of the molecule is O=C(Nc1ccncc1)c1n[nH]c2ccc(-c3cccnc3)cc12. The summed E-state index contributed by atoms with van der Waals surface area (Å²) in [5, 5.41) is 10.6. The first kappa shape index (κ1) is 14.1. The predicted octanol–water partition coefficient (Wildman–Crippen LogP) is 3.27. The van der Waals surface area contributed by atoms with Crippen molar-refractivity contribution in [1.82, 2.24) is 20.2 Å². The molecule has 0 atom stereocenters. The van der Waals surface area contributed by atoms with Gasteiger partial charge in [-0.05, 0) is 35.9 Å². The van der Waals surface area contributed by atoms with Gasteiger partial charge in [0.25, 0.3) is 5.91 Å². The Labute approximate surface area is 137 Å². The summed E-state index contributed by atoms with van der Waals surface area (Å²) in [6.45, 7) is 0. The zero-order valence-electron chi connectivity index (χ0n) is 12.6. The van der Waals surface area contributed by atoms with Crippen LogP contribution in [0, 0.1) is 0 Å². The molecule has 6 heteroatoms. The third-order valence-corrected chi connectivity index (χ3v) is 3.71. The van der Waals surface area contributed by atoms with E-state index >= 15 is 0 Å². The van der Waals surface area contributed by atoms with E-state index in [2.05, 4.69) is 25.5 Å². The number of amides is 1. The number of hydrogen-bond donors (Lipinski definition) is 2. The lowest BCUT2D eigenvalue weighted by molar-refractivity contribution is 0.102. The van der Waals surface area contributed by atoms with Crippen LogP contribution in [0.4, 0.5) is 5.69 Å². The second-order valence-corrected chi connectivity index (χ2v) is 5.26. The summed E-state index contributed by atoms with van der Waals surface area (Å²) in [6, 6.07) is 13.1. The number of carbonyl (C=O) groups is 1. The summed E-state index contributed by atoms with van der Waals surface area (Å²) in [5.41, 5.74) is 3.81. The molecule has 0 saturated carbocycles. The molecule has 1 aromatic carbocycles. The Morgan fingerprint density at radius 2 is 1.83 bits per heavy atom. The highest BCUT2D eigenvalue weighted by atomic mass is 16.1. The van der Waals surface area contributed by atoms with Gasteiger partial charge < -0.3 is 5.32 Å². The van der Waals surface area contributed by atoms with Crippen LogP contribution in [0.1, 0.15) is 10.5 Å². The largest absolute Gasteiger partial charge is 0.320 e. The van der Waals surface area contributed by atoms with Crippen LogP contribution in [0.2, 0.25) is 0 Å². The second-order valence-electron chi connectivity index (χ2n) is 5.26. The number of nitrogens with zero attached hydrogens (tertiary/aromatic N) is 3. The summed E-state index contributed by atoms with van der Waals surface area (Å²) in [7, 11) is 0. The van der Waals surface area contributed by atoms with E-state index in [-0.39, 0.29) is 5.91 Å². The molecular formula is C18H13N5O. The minimum Gasteiger partial charge on any atom is -0.320 e. The van der Waals surface area contributed by atoms with Crippen LogP contribution in [0.25, 0.3) is 22.0 Å². The maximum Gasteiger partial charge on any atom is 0.276 e. The van der Waals surface area contributed by atoms with E-state index in [4.69, 9.17) is 0 Å². The van der Waals surface area contributed by atoms with Crippen molar-refractivity contribution in [2.24, 2.45) is 0 Å². The van der Waals surface area contributed by atoms with Crippen LogP contribution < -0.4 is 5.32 Å². The standard InChI is InChI=1S/C18H13N5O/c24-18(21-14-5-8-19-9-6-14)17-15-10-12(3-4-16(15)22-23-17)13-2-1-7-20-11-13/h1-11H,(H,22,23)(H,19,21,24). The van der Waals surface area contributed by atoms with Crippen LogP contribution in [-0.4, -0.2) is 26.1 Å². The lowest BCUT2D eigenvalue weighted by Crippen LogP contribution is -2.12. The van der Waals surface area contributed by atoms with Crippen molar-refractivity contribution in [3.8, 4) is 11.1 Å². The van der Waals surface area contributed by atoms with Crippen molar-refractivity contribution in [3.05, 3.63) is 72.9 Å². The van der Waals surface area contributed by atoms with Gasteiger partial charge in [0, 0.05) is 41.4 Å². The van der Waals surface area contributed by atoms with Crippen molar-refractivity contribution >= 4 is 22.5 Å². The molecule has 0 bridgehead atoms. The number of benzene rings is 1. The van der Waals surface area contributed by atoms with Crippen LogP contribution in [0.15, 0.2) is 67.3 Å². The van der Waals surface area contributed by atoms with Gasteiger partial charge in [-0.1, -0.05) is 12.1 Å². The normalized spacial score (nSPS) is 10.7. The Bertz CT molecular complexity index is 996. The topological polar surface area (TPSA) is 83.6 Å². The maximum absolute atomic E-state index is 12.5. The Morgan fingerprint density at radius 3 is 2.62 bits per heavy atom. The van der Waals surface area contributed by atoms with Gasteiger partial charge in [-0.3, -0.25) is 19.9 Å². The van der Waals surface area contributed by atoms with E-state index in [0.717, 1.165) is 22.0 Å². The number of anilines is 1. The number of rotatable bonds is 3. The van der Waals surface area contributed by atoms with Crippen LogP contribution in [0.5, 0.6) is 0 Å². The van der Waals surface area contributed by atoms with Gasteiger partial charge in [0.2, 0.25) is 0 Å². The van der Waals surface area contributed by atoms with E-state index in [0.29, 0.717) is 11.4 Å². The molecule has 0 unspecified atom stereocenters. The number of H-pyrrole nitrogens is 1. The minimum absolute atomic E-state index is 0.268. The van der Waals surface area contributed by atoms with Crippen molar-refractivity contribution in [2.45, 2.75) is 0 Å². The number of pyridine rings is 2. The molecule has 0 aliphatic heterocycles. The molecule has 4 aromatic rings. The number of fused-ring (bicyclic) bond motifs is 1. The first-order valence-electron chi connectivity index (χ1n) is 7.41. The van der Waals surface area contributed by atoms with E-state index in [1.807, 2.05) is 30.3 Å². The van der Waals surface area contributed by atoms with Gasteiger partial charge >= 0.3 is 0 Å². The average Bonchev–Trinajstić information content (AvgIpc) is 3.06. The second kappa shape index (κ2) is 5.92. The molecule has 24 heavy (non-hydrogen) atoms. The van der Waals surface area contributed by atoms with Crippen LogP contribution >= 0.6 is 0 Å². The van der Waals surface area contributed by atoms with E-state index in [1.165, 1.54) is 0 Å². The molecule has 0 saturated heterocycles. The Balaban J connectivity index is 1.72. The fourth-order valence-electron chi connectivity index (χ4n) is 2.53. The van der Waals surface area contributed by atoms with Gasteiger partial charge in [-0.25, -0.2) is 0 Å². The molecule has 0 spiro atoms. The molecule has 116 valence electrons. The first-order valence-corrected chi connectivity index (χ1v) is 7.41. The summed E-state index contributed by atoms with van der Waals surface area (Å²) in [6.07, 6.45) is 6.77. The molecule has 6 nitrogen and oxygen atoms in total. The Hall–Kier alpha value is -3.54. The van der Waals surface area contributed by atoms with E-state index in [1.54, 1.807) is 36.9 Å². The number of carbonyl (C=O) groups excluding carboxylic acids is 1. The first-order chi connectivity index (χ1) is 11.8. The number of aromatic nitrogens is 4. The van der Waals surface area contributed by atoms with Crippen molar-refractivity contribution in [3.63, 3.8) is 0 Å². The monoisotopic (exact) mass is 315 g/mol. The molecule has 0 fully saturated rings. The van der Waals surface area contributed by atoms with E-state index < -0.39 is 0 Å². The number of nitrogens with one attached hydrogen (secondary N) is 2. The van der Waals surface area contributed by atoms with Crippen molar-refractivity contribution < 1.29 is 4.79 Å². The average molecular weight is 315 g/mol. The molecule has 3 aromatic heterocycles. The molecule has 1 amide bonds. The molecular weight excluding hydrogens is 302 g/mol. The summed E-state index contributed by atoms with van der Waals surface area (Å²) in [5.74, 6) is -0.268. The van der Waals surface area contributed by atoms with Gasteiger partial charge in [-0.15, -0.1) is 0 Å². The van der Waals surface area contributed by atoms with Gasteiger partial charge in [0.1, 0.15) is 0 Å². The van der Waals surface area contributed by atoms with Crippen LogP contribution in [0.3, 0.4) is 0 Å². The van der Waals surface area contributed by atoms with Gasteiger partial charge in [0.15, 0.2) is 5.69 Å². The quantitative estimate of drug-likeness (QED) is 0.608. The third-order valence-electron chi connectivity index (χ3n) is 3.71. The highest BCUT2D eigenvalue weighted by Crippen LogP contribution is 2.25. The molecule has 3 heterocycles. The fourth-order valence-corrected chi connectivity index (χ4v) is 2.53. The summed E-state index contributed by atoms with van der Waals surface area (Å²) in [4.78, 5) is 20.6. The summed E-state index contributed by atoms with van der Waals surface area (Å²) >= 11 is 0. The van der Waals surface area contributed by atoms with Crippen LogP contribution in [-0.2, 0) is 0 Å². The lowest BCUT2D eigenvalue weighted by Gasteiger charge is -2.04. The Kier molecular flexibility index (Phi) is 3.47. The smallest absolute Gasteiger partial charge is 0.276 e. The van der Waals surface area contributed by atoms with Gasteiger partial charge in [-0.2, -0.15) is 5.10 Å². The van der Waals surface area contributed by atoms with E-state index in [9.17, 15) is 4.79 Å². The van der Waals surface area contributed by atoms with Crippen molar-refractivity contribution in [1.29, 1.82) is 0 Å². The number of hydrogen-bond acceptors (Lipinski definition) is 4. The fraction of sp³-hybridized carbons (Fsp3) is 0. The number of aromatic amines is 1. The lowest BCUT2D eigenvalue weighted by atomic mass is 10.0. The van der Waals surface area contributed by atoms with Crippen molar-refractivity contribution in [2.75, 3.05) is 5.32 Å².